The summed E-state index contributed by atoms with van der Waals surface area (Å²) in [4.78, 5) is 10.4. The van der Waals surface area contributed by atoms with Crippen molar-refractivity contribution in [3.63, 3.8) is 0 Å². The highest BCUT2D eigenvalue weighted by atomic mass is 16.3. The zero-order chi connectivity index (χ0) is 8.32. The van der Waals surface area contributed by atoms with Crippen LogP contribution in [0.15, 0.2) is 0 Å². The second-order valence-corrected chi connectivity index (χ2v) is 3.40. The first kappa shape index (κ1) is 8.53. The molecule has 0 aromatic heterocycles. The van der Waals surface area contributed by atoms with Crippen molar-refractivity contribution in [2.24, 2.45) is 5.73 Å². The van der Waals surface area contributed by atoms with E-state index in [0.29, 0.717) is 12.8 Å². The van der Waals surface area contributed by atoms with Crippen LogP contribution in [-0.4, -0.2) is 16.6 Å². The zero-order valence-corrected chi connectivity index (χ0v) is 6.68. The van der Waals surface area contributed by atoms with Gasteiger partial charge in [0.15, 0.2) is 0 Å². The van der Waals surface area contributed by atoms with Gasteiger partial charge < -0.3 is 10.8 Å². The van der Waals surface area contributed by atoms with E-state index in [0.717, 1.165) is 25.7 Å². The van der Waals surface area contributed by atoms with Gasteiger partial charge in [-0.2, -0.15) is 0 Å². The average molecular weight is 157 g/mol. The molecule has 1 rings (SSSR count). The number of rotatable bonds is 3. The fraction of sp³-hybridized carbons (Fsp3) is 0.875. The van der Waals surface area contributed by atoms with Gasteiger partial charge in [0.05, 0.1) is 5.60 Å². The number of carbonyl (C=O) groups excluding carboxylic acids is 1. The van der Waals surface area contributed by atoms with E-state index < -0.39 is 5.60 Å². The summed E-state index contributed by atoms with van der Waals surface area (Å²) in [6.07, 6.45) is 4.68. The highest BCUT2D eigenvalue weighted by Crippen LogP contribution is 2.32. The average Bonchev–Trinajstić information content (AvgIpc) is 2.33. The van der Waals surface area contributed by atoms with Crippen LogP contribution in [0.3, 0.4) is 0 Å². The van der Waals surface area contributed by atoms with Crippen LogP contribution in [0.5, 0.6) is 0 Å². The van der Waals surface area contributed by atoms with Gasteiger partial charge in [-0.3, -0.25) is 4.79 Å². The van der Waals surface area contributed by atoms with Crippen molar-refractivity contribution in [1.29, 1.82) is 0 Å². The SMILES string of the molecule is NC(=O)CCC1(O)CCCC1. The third kappa shape index (κ3) is 2.50. The van der Waals surface area contributed by atoms with Gasteiger partial charge in [0.25, 0.3) is 0 Å². The second-order valence-electron chi connectivity index (χ2n) is 3.40. The molecule has 1 amide bonds. The van der Waals surface area contributed by atoms with Crippen LogP contribution in [-0.2, 0) is 4.79 Å². The van der Waals surface area contributed by atoms with Crippen LogP contribution in [0.25, 0.3) is 0 Å². The number of carbonyl (C=O) groups is 1. The molecular formula is C8H15NO2. The molecule has 1 aliphatic rings. The Balaban J connectivity index is 2.28. The fourth-order valence-corrected chi connectivity index (χ4v) is 1.64. The Hall–Kier alpha value is -0.570. The van der Waals surface area contributed by atoms with E-state index in [1.54, 1.807) is 0 Å². The molecule has 64 valence electrons. The molecule has 1 fully saturated rings. The predicted molar refractivity (Wildman–Crippen MR) is 41.8 cm³/mol. The lowest BCUT2D eigenvalue weighted by Gasteiger charge is -2.20. The van der Waals surface area contributed by atoms with Gasteiger partial charge in [-0.15, -0.1) is 0 Å². The van der Waals surface area contributed by atoms with Crippen molar-refractivity contribution in [2.75, 3.05) is 0 Å². The normalized spacial score (nSPS) is 21.9. The molecule has 0 atom stereocenters. The molecule has 0 heterocycles. The maximum atomic E-state index is 10.4. The largest absolute Gasteiger partial charge is 0.390 e. The molecule has 1 saturated carbocycles. The Kier molecular flexibility index (Phi) is 2.49. The standard InChI is InChI=1S/C8H15NO2/c9-7(10)3-6-8(11)4-1-2-5-8/h11H,1-6H2,(H2,9,10). The molecule has 0 bridgehead atoms. The summed E-state index contributed by atoms with van der Waals surface area (Å²) >= 11 is 0. The van der Waals surface area contributed by atoms with Gasteiger partial charge in [-0.25, -0.2) is 0 Å². The first-order valence-electron chi connectivity index (χ1n) is 4.13. The van der Waals surface area contributed by atoms with Crippen molar-refractivity contribution < 1.29 is 9.90 Å². The maximum Gasteiger partial charge on any atom is 0.217 e. The second kappa shape index (κ2) is 3.22. The molecule has 1 aliphatic carbocycles. The lowest BCUT2D eigenvalue weighted by atomic mass is 9.96. The number of hydrogen-bond acceptors (Lipinski definition) is 2. The zero-order valence-electron chi connectivity index (χ0n) is 6.68. The Morgan fingerprint density at radius 1 is 1.45 bits per heavy atom. The van der Waals surface area contributed by atoms with Gasteiger partial charge in [0.1, 0.15) is 0 Å². The highest BCUT2D eigenvalue weighted by molar-refractivity contribution is 5.73. The van der Waals surface area contributed by atoms with E-state index in [2.05, 4.69) is 0 Å². The number of hydrogen-bond donors (Lipinski definition) is 2. The minimum atomic E-state index is -0.574. The summed E-state index contributed by atoms with van der Waals surface area (Å²) in [6.45, 7) is 0. The van der Waals surface area contributed by atoms with E-state index in [1.807, 2.05) is 0 Å². The first-order chi connectivity index (χ1) is 5.12. The summed E-state index contributed by atoms with van der Waals surface area (Å²) < 4.78 is 0. The van der Waals surface area contributed by atoms with Crippen molar-refractivity contribution in [1.82, 2.24) is 0 Å². The molecule has 3 heteroatoms. The Bertz CT molecular complexity index is 150. The van der Waals surface area contributed by atoms with Gasteiger partial charge >= 0.3 is 0 Å². The first-order valence-corrected chi connectivity index (χ1v) is 4.13. The van der Waals surface area contributed by atoms with E-state index >= 15 is 0 Å². The molecule has 11 heavy (non-hydrogen) atoms. The minimum Gasteiger partial charge on any atom is -0.390 e. The molecule has 0 aromatic carbocycles. The van der Waals surface area contributed by atoms with E-state index in [1.165, 1.54) is 0 Å². The third-order valence-corrected chi connectivity index (χ3v) is 2.37. The van der Waals surface area contributed by atoms with E-state index in [-0.39, 0.29) is 5.91 Å². The smallest absolute Gasteiger partial charge is 0.217 e. The molecule has 0 saturated heterocycles. The number of nitrogens with two attached hydrogens (primary N) is 1. The van der Waals surface area contributed by atoms with Gasteiger partial charge in [0, 0.05) is 6.42 Å². The van der Waals surface area contributed by atoms with Crippen molar-refractivity contribution in [2.45, 2.75) is 44.1 Å². The summed E-state index contributed by atoms with van der Waals surface area (Å²) in [5.41, 5.74) is 4.41. The molecule has 0 unspecified atom stereocenters. The molecule has 0 radical (unpaired) electrons. The number of primary amides is 1. The van der Waals surface area contributed by atoms with Crippen LogP contribution < -0.4 is 5.73 Å². The topological polar surface area (TPSA) is 63.3 Å². The van der Waals surface area contributed by atoms with Crippen LogP contribution >= 0.6 is 0 Å². The summed E-state index contributed by atoms with van der Waals surface area (Å²) in [5.74, 6) is -0.315. The van der Waals surface area contributed by atoms with Crippen LogP contribution in [0.1, 0.15) is 38.5 Å². The Labute approximate surface area is 66.6 Å². The molecule has 0 aromatic rings. The van der Waals surface area contributed by atoms with Crippen LogP contribution in [0.4, 0.5) is 0 Å². The molecule has 0 spiro atoms. The molecule has 0 aliphatic heterocycles. The van der Waals surface area contributed by atoms with Crippen molar-refractivity contribution >= 4 is 5.91 Å². The molecular weight excluding hydrogens is 142 g/mol. The number of aliphatic hydroxyl groups is 1. The molecule has 3 nitrogen and oxygen atoms in total. The van der Waals surface area contributed by atoms with Crippen molar-refractivity contribution in [3.05, 3.63) is 0 Å². The van der Waals surface area contributed by atoms with E-state index in [9.17, 15) is 9.90 Å². The fourth-order valence-electron chi connectivity index (χ4n) is 1.64. The van der Waals surface area contributed by atoms with E-state index in [4.69, 9.17) is 5.73 Å². The maximum absolute atomic E-state index is 10.4. The summed E-state index contributed by atoms with van der Waals surface area (Å²) in [6, 6.07) is 0. The Morgan fingerprint density at radius 3 is 2.45 bits per heavy atom. The minimum absolute atomic E-state index is 0.315. The highest BCUT2D eigenvalue weighted by Gasteiger charge is 2.30. The lowest BCUT2D eigenvalue weighted by Crippen LogP contribution is -2.26. The lowest BCUT2D eigenvalue weighted by molar-refractivity contribution is -0.119. The predicted octanol–water partition coefficient (Wildman–Crippen LogP) is 0.557. The molecule has 3 N–H and O–H groups in total. The summed E-state index contributed by atoms with van der Waals surface area (Å²) in [5, 5.41) is 9.73. The number of amides is 1. The quantitative estimate of drug-likeness (QED) is 0.628. The third-order valence-electron chi connectivity index (χ3n) is 2.37. The van der Waals surface area contributed by atoms with Crippen LogP contribution in [0, 0.1) is 0 Å². The van der Waals surface area contributed by atoms with Gasteiger partial charge in [0.2, 0.25) is 5.91 Å². The summed E-state index contributed by atoms with van der Waals surface area (Å²) in [7, 11) is 0. The monoisotopic (exact) mass is 157 g/mol. The van der Waals surface area contributed by atoms with Gasteiger partial charge in [-0.1, -0.05) is 12.8 Å². The van der Waals surface area contributed by atoms with Gasteiger partial charge in [-0.05, 0) is 19.3 Å². The van der Waals surface area contributed by atoms with Crippen LogP contribution in [0.2, 0.25) is 0 Å². The van der Waals surface area contributed by atoms with Crippen molar-refractivity contribution in [3.8, 4) is 0 Å². The Morgan fingerprint density at radius 2 is 2.00 bits per heavy atom.